The lowest BCUT2D eigenvalue weighted by Gasteiger charge is -2.11. The summed E-state index contributed by atoms with van der Waals surface area (Å²) in [5.74, 6) is -1.13. The standard InChI is InChI=1S/C18H12F3NO2S/c19-18(20,21)13-6-2-1-5-11(13)9-12(10-16(23)24)17-22-14-7-3-4-8-15(14)25-17/h1-9H,10H2,(H,23,24)/b12-9+. The highest BCUT2D eigenvalue weighted by atomic mass is 32.1. The molecule has 0 aliphatic carbocycles. The van der Waals surface area contributed by atoms with Crippen molar-refractivity contribution in [1.29, 1.82) is 0 Å². The summed E-state index contributed by atoms with van der Waals surface area (Å²) in [6.45, 7) is 0. The molecule has 128 valence electrons. The molecule has 3 aromatic rings. The number of hydrogen-bond donors (Lipinski definition) is 1. The highest BCUT2D eigenvalue weighted by Gasteiger charge is 2.32. The first-order chi connectivity index (χ1) is 11.8. The van der Waals surface area contributed by atoms with Crippen molar-refractivity contribution in [2.24, 2.45) is 0 Å². The molecule has 1 heterocycles. The maximum absolute atomic E-state index is 13.2. The largest absolute Gasteiger partial charge is 0.481 e. The molecule has 0 saturated heterocycles. The number of benzene rings is 2. The van der Waals surface area contributed by atoms with E-state index < -0.39 is 24.1 Å². The zero-order valence-corrected chi connectivity index (χ0v) is 13.6. The Bertz CT molecular complexity index is 927. The molecule has 7 heteroatoms. The van der Waals surface area contributed by atoms with Gasteiger partial charge < -0.3 is 5.11 Å². The Hall–Kier alpha value is -2.67. The van der Waals surface area contributed by atoms with Crippen molar-refractivity contribution in [1.82, 2.24) is 4.98 Å². The first-order valence-electron chi connectivity index (χ1n) is 7.29. The number of para-hydroxylation sites is 1. The Morgan fingerprint density at radius 1 is 1.12 bits per heavy atom. The summed E-state index contributed by atoms with van der Waals surface area (Å²) >= 11 is 1.26. The van der Waals surface area contributed by atoms with Gasteiger partial charge in [-0.2, -0.15) is 13.2 Å². The molecule has 2 aromatic carbocycles. The van der Waals surface area contributed by atoms with Gasteiger partial charge in [0.15, 0.2) is 0 Å². The maximum atomic E-state index is 13.2. The van der Waals surface area contributed by atoms with E-state index in [2.05, 4.69) is 4.98 Å². The monoisotopic (exact) mass is 363 g/mol. The summed E-state index contributed by atoms with van der Waals surface area (Å²) < 4.78 is 40.4. The van der Waals surface area contributed by atoms with Crippen molar-refractivity contribution in [3.05, 3.63) is 64.7 Å². The van der Waals surface area contributed by atoms with Crippen molar-refractivity contribution in [3.63, 3.8) is 0 Å². The van der Waals surface area contributed by atoms with Crippen LogP contribution in [0.5, 0.6) is 0 Å². The van der Waals surface area contributed by atoms with Crippen molar-refractivity contribution in [2.45, 2.75) is 12.6 Å². The quantitative estimate of drug-likeness (QED) is 0.682. The summed E-state index contributed by atoms with van der Waals surface area (Å²) in [5.41, 5.74) is 0.0396. The second kappa shape index (κ2) is 6.68. The number of hydrogen-bond acceptors (Lipinski definition) is 3. The smallest absolute Gasteiger partial charge is 0.416 e. The van der Waals surface area contributed by atoms with Gasteiger partial charge in [0.2, 0.25) is 0 Å². The van der Waals surface area contributed by atoms with E-state index >= 15 is 0 Å². The van der Waals surface area contributed by atoms with Gasteiger partial charge in [-0.05, 0) is 35.4 Å². The third-order valence-electron chi connectivity index (χ3n) is 3.51. The Morgan fingerprint density at radius 2 is 1.80 bits per heavy atom. The van der Waals surface area contributed by atoms with Crippen LogP contribution in [-0.2, 0) is 11.0 Å². The van der Waals surface area contributed by atoms with Gasteiger partial charge in [0.25, 0.3) is 0 Å². The Kier molecular flexibility index (Phi) is 4.59. The van der Waals surface area contributed by atoms with Crippen LogP contribution < -0.4 is 0 Å². The number of alkyl halides is 3. The second-order valence-corrected chi connectivity index (χ2v) is 6.34. The van der Waals surface area contributed by atoms with Gasteiger partial charge in [0.05, 0.1) is 22.2 Å². The van der Waals surface area contributed by atoms with E-state index in [9.17, 15) is 18.0 Å². The number of rotatable bonds is 4. The van der Waals surface area contributed by atoms with E-state index in [0.717, 1.165) is 10.8 Å². The fourth-order valence-electron chi connectivity index (χ4n) is 2.43. The molecule has 1 N–H and O–H groups in total. The van der Waals surface area contributed by atoms with Crippen LogP contribution in [0.3, 0.4) is 0 Å². The van der Waals surface area contributed by atoms with Crippen LogP contribution in [0.15, 0.2) is 48.5 Å². The molecule has 0 unspecified atom stereocenters. The molecule has 1 aromatic heterocycles. The zero-order valence-electron chi connectivity index (χ0n) is 12.7. The molecule has 3 nitrogen and oxygen atoms in total. The SMILES string of the molecule is O=C(O)C/C(=C\c1ccccc1C(F)(F)F)c1nc2ccccc2s1. The number of fused-ring (bicyclic) bond motifs is 1. The molecule has 25 heavy (non-hydrogen) atoms. The van der Waals surface area contributed by atoms with Crippen LogP contribution in [0.1, 0.15) is 22.6 Å². The molecule has 0 saturated carbocycles. The number of carboxylic acid groups (broad SMARTS) is 1. The molecule has 0 aliphatic heterocycles. The molecule has 0 spiro atoms. The van der Waals surface area contributed by atoms with Crippen LogP contribution in [0.4, 0.5) is 13.2 Å². The minimum Gasteiger partial charge on any atom is -0.481 e. The third kappa shape index (κ3) is 3.88. The highest BCUT2D eigenvalue weighted by molar-refractivity contribution is 7.19. The van der Waals surface area contributed by atoms with E-state index in [-0.39, 0.29) is 11.1 Å². The first-order valence-corrected chi connectivity index (χ1v) is 8.11. The van der Waals surface area contributed by atoms with Gasteiger partial charge >= 0.3 is 12.1 Å². The Morgan fingerprint density at radius 3 is 2.48 bits per heavy atom. The molecule has 0 aliphatic rings. The van der Waals surface area contributed by atoms with Crippen molar-refractivity contribution in [2.75, 3.05) is 0 Å². The van der Waals surface area contributed by atoms with E-state index in [4.69, 9.17) is 5.11 Å². The van der Waals surface area contributed by atoms with E-state index in [1.165, 1.54) is 35.6 Å². The first kappa shape index (κ1) is 17.2. The predicted octanol–water partition coefficient (Wildman–Crippen LogP) is 5.33. The molecule has 0 atom stereocenters. The van der Waals surface area contributed by atoms with Gasteiger partial charge in [-0.1, -0.05) is 30.3 Å². The summed E-state index contributed by atoms with van der Waals surface area (Å²) in [4.78, 5) is 15.5. The molecule has 0 fully saturated rings. The number of aromatic nitrogens is 1. The topological polar surface area (TPSA) is 50.2 Å². The van der Waals surface area contributed by atoms with Crippen LogP contribution in [0.2, 0.25) is 0 Å². The van der Waals surface area contributed by atoms with E-state index in [0.29, 0.717) is 10.5 Å². The second-order valence-electron chi connectivity index (χ2n) is 5.31. The molecule has 0 bridgehead atoms. The third-order valence-corrected chi connectivity index (χ3v) is 4.62. The number of carbonyl (C=O) groups is 1. The van der Waals surface area contributed by atoms with Crippen molar-refractivity contribution >= 4 is 39.2 Å². The minimum atomic E-state index is -4.52. The van der Waals surface area contributed by atoms with E-state index in [1.54, 1.807) is 12.1 Å². The lowest BCUT2D eigenvalue weighted by molar-refractivity contribution is -0.138. The number of aliphatic carboxylic acids is 1. The Balaban J connectivity index is 2.13. The van der Waals surface area contributed by atoms with Gasteiger partial charge in [0, 0.05) is 0 Å². The average Bonchev–Trinajstić information content (AvgIpc) is 2.97. The molecular formula is C18H12F3NO2S. The van der Waals surface area contributed by atoms with Crippen LogP contribution in [-0.4, -0.2) is 16.1 Å². The summed E-state index contributed by atoms with van der Waals surface area (Å²) in [5, 5.41) is 9.54. The fraction of sp³-hybridized carbons (Fsp3) is 0.111. The fourth-order valence-corrected chi connectivity index (χ4v) is 3.41. The molecule has 3 rings (SSSR count). The van der Waals surface area contributed by atoms with Gasteiger partial charge in [0.1, 0.15) is 5.01 Å². The van der Waals surface area contributed by atoms with Crippen LogP contribution in [0.25, 0.3) is 21.9 Å². The summed E-state index contributed by atoms with van der Waals surface area (Å²) in [6, 6.07) is 12.3. The predicted molar refractivity (Wildman–Crippen MR) is 91.2 cm³/mol. The molecule has 0 radical (unpaired) electrons. The minimum absolute atomic E-state index is 0.0782. The average molecular weight is 363 g/mol. The number of halogens is 3. The van der Waals surface area contributed by atoms with Gasteiger partial charge in [-0.25, -0.2) is 4.98 Å². The summed E-state index contributed by atoms with van der Waals surface area (Å²) in [6.07, 6.45) is -3.67. The number of thiazole rings is 1. The van der Waals surface area contributed by atoms with E-state index in [1.807, 2.05) is 12.1 Å². The highest BCUT2D eigenvalue weighted by Crippen LogP contribution is 2.35. The maximum Gasteiger partial charge on any atom is 0.416 e. The number of nitrogens with zero attached hydrogens (tertiary/aromatic N) is 1. The molecular weight excluding hydrogens is 351 g/mol. The summed E-state index contributed by atoms with van der Waals surface area (Å²) in [7, 11) is 0. The number of carboxylic acids is 1. The van der Waals surface area contributed by atoms with Crippen molar-refractivity contribution < 1.29 is 23.1 Å². The lowest BCUT2D eigenvalue weighted by Crippen LogP contribution is -2.07. The normalized spacial score (nSPS) is 12.5. The zero-order chi connectivity index (χ0) is 18.0. The van der Waals surface area contributed by atoms with Gasteiger partial charge in [-0.15, -0.1) is 11.3 Å². The van der Waals surface area contributed by atoms with Gasteiger partial charge in [-0.3, -0.25) is 4.79 Å². The van der Waals surface area contributed by atoms with Crippen LogP contribution >= 0.6 is 11.3 Å². The Labute approximate surface area is 145 Å². The molecule has 0 amide bonds. The lowest BCUT2D eigenvalue weighted by atomic mass is 10.0. The van der Waals surface area contributed by atoms with Crippen LogP contribution in [0, 0.1) is 0 Å². The van der Waals surface area contributed by atoms with Crippen molar-refractivity contribution in [3.8, 4) is 0 Å².